The first kappa shape index (κ1) is 16.5. The van der Waals surface area contributed by atoms with E-state index in [0.29, 0.717) is 19.5 Å². The van der Waals surface area contributed by atoms with Gasteiger partial charge in [-0.3, -0.25) is 4.79 Å². The van der Waals surface area contributed by atoms with Gasteiger partial charge in [0.1, 0.15) is 6.04 Å². The minimum Gasteiger partial charge on any atom is -0.480 e. The monoisotopic (exact) mass is 380 g/mol. The average molecular weight is 381 g/mol. The van der Waals surface area contributed by atoms with Crippen LogP contribution in [-0.4, -0.2) is 47.6 Å². The fourth-order valence-corrected chi connectivity index (χ4v) is 4.28. The van der Waals surface area contributed by atoms with Crippen molar-refractivity contribution in [2.24, 2.45) is 5.92 Å². The number of hydrogen-bond acceptors (Lipinski definition) is 3. The highest BCUT2D eigenvalue weighted by molar-refractivity contribution is 9.10. The number of halogens is 1. The molecule has 2 aliphatic heterocycles. The Balaban J connectivity index is 1.83. The molecule has 1 aromatic carbocycles. The number of carbonyl (C=O) groups excluding carboxylic acids is 1. The second kappa shape index (κ2) is 7.01. The van der Waals surface area contributed by atoms with Crippen LogP contribution in [0.3, 0.4) is 0 Å². The van der Waals surface area contributed by atoms with Gasteiger partial charge in [-0.05, 0) is 30.9 Å². The fourth-order valence-electron chi connectivity index (χ4n) is 3.71. The van der Waals surface area contributed by atoms with E-state index in [1.807, 2.05) is 24.3 Å². The van der Waals surface area contributed by atoms with E-state index in [1.165, 1.54) is 0 Å². The van der Waals surface area contributed by atoms with Gasteiger partial charge >= 0.3 is 5.97 Å². The van der Waals surface area contributed by atoms with Gasteiger partial charge in [-0.2, -0.15) is 0 Å². The number of carboxylic acid groups (broad SMARTS) is 1. The zero-order valence-corrected chi connectivity index (χ0v) is 14.5. The largest absolute Gasteiger partial charge is 0.480 e. The summed E-state index contributed by atoms with van der Waals surface area (Å²) < 4.78 is 1.000. The molecular weight excluding hydrogens is 360 g/mol. The third-order valence-electron chi connectivity index (χ3n) is 4.91. The third-order valence-corrected chi connectivity index (χ3v) is 5.63. The summed E-state index contributed by atoms with van der Waals surface area (Å²) in [5.41, 5.74) is 1.11. The first-order valence-electron chi connectivity index (χ1n) is 8.08. The quantitative estimate of drug-likeness (QED) is 0.843. The molecule has 2 saturated heterocycles. The first-order chi connectivity index (χ1) is 11.1. The molecule has 0 saturated carbocycles. The molecule has 6 heteroatoms. The normalized spacial score (nSPS) is 27.9. The molecule has 23 heavy (non-hydrogen) atoms. The van der Waals surface area contributed by atoms with Gasteiger partial charge in [0.15, 0.2) is 0 Å². The van der Waals surface area contributed by atoms with Crippen LogP contribution in [0.25, 0.3) is 0 Å². The Hall–Kier alpha value is -1.40. The summed E-state index contributed by atoms with van der Waals surface area (Å²) in [5.74, 6) is -1.03. The number of nitrogens with one attached hydrogen (secondary N) is 1. The standard InChI is InChI=1S/C17H21BrN2O3/c18-14-6-2-1-5-11(14)12-9-19-10-13(12)16(21)20-8-4-3-7-15(20)17(22)23/h1-2,5-6,12-13,15,19H,3-4,7-10H2,(H,22,23)/t12-,13+,15?/m0/s1. The maximum Gasteiger partial charge on any atom is 0.326 e. The van der Waals surface area contributed by atoms with E-state index in [-0.39, 0.29) is 17.7 Å². The van der Waals surface area contributed by atoms with Gasteiger partial charge < -0.3 is 15.3 Å². The van der Waals surface area contributed by atoms with Crippen molar-refractivity contribution in [3.05, 3.63) is 34.3 Å². The summed E-state index contributed by atoms with van der Waals surface area (Å²) in [5, 5.41) is 12.7. The Labute approximate surface area is 144 Å². The molecule has 0 radical (unpaired) electrons. The van der Waals surface area contributed by atoms with Crippen molar-refractivity contribution in [3.8, 4) is 0 Å². The molecule has 0 bridgehead atoms. The minimum atomic E-state index is -0.888. The summed E-state index contributed by atoms with van der Waals surface area (Å²) in [6.45, 7) is 1.90. The maximum absolute atomic E-state index is 13.0. The maximum atomic E-state index is 13.0. The Morgan fingerprint density at radius 1 is 1.22 bits per heavy atom. The molecule has 1 amide bonds. The first-order valence-corrected chi connectivity index (χ1v) is 8.87. The van der Waals surface area contributed by atoms with E-state index in [9.17, 15) is 14.7 Å². The molecule has 1 aromatic rings. The van der Waals surface area contributed by atoms with Crippen LogP contribution in [0, 0.1) is 5.92 Å². The second-order valence-electron chi connectivity index (χ2n) is 6.27. The van der Waals surface area contributed by atoms with Gasteiger partial charge in [0.25, 0.3) is 0 Å². The summed E-state index contributed by atoms with van der Waals surface area (Å²) in [4.78, 5) is 26.1. The zero-order valence-electron chi connectivity index (χ0n) is 12.9. The lowest BCUT2D eigenvalue weighted by molar-refractivity contribution is -0.153. The lowest BCUT2D eigenvalue weighted by atomic mass is 9.87. The number of carbonyl (C=O) groups is 2. The zero-order chi connectivity index (χ0) is 16.4. The Morgan fingerprint density at radius 2 is 2.00 bits per heavy atom. The lowest BCUT2D eigenvalue weighted by Crippen LogP contribution is -2.51. The van der Waals surface area contributed by atoms with Crippen LogP contribution < -0.4 is 5.32 Å². The van der Waals surface area contributed by atoms with Gasteiger partial charge in [-0.15, -0.1) is 0 Å². The van der Waals surface area contributed by atoms with Gasteiger partial charge in [0.2, 0.25) is 5.91 Å². The Morgan fingerprint density at radius 3 is 2.74 bits per heavy atom. The number of hydrogen-bond donors (Lipinski definition) is 2. The highest BCUT2D eigenvalue weighted by atomic mass is 79.9. The van der Waals surface area contributed by atoms with Crippen molar-refractivity contribution in [2.75, 3.05) is 19.6 Å². The van der Waals surface area contributed by atoms with Gasteiger partial charge in [0, 0.05) is 30.0 Å². The van der Waals surface area contributed by atoms with Crippen LogP contribution in [-0.2, 0) is 9.59 Å². The molecular formula is C17H21BrN2O3. The van der Waals surface area contributed by atoms with Crippen LogP contribution in [0.15, 0.2) is 28.7 Å². The molecule has 3 atom stereocenters. The molecule has 2 aliphatic rings. The van der Waals surface area contributed by atoms with E-state index in [0.717, 1.165) is 29.4 Å². The van der Waals surface area contributed by atoms with Gasteiger partial charge in [-0.1, -0.05) is 34.1 Å². The second-order valence-corrected chi connectivity index (χ2v) is 7.13. The van der Waals surface area contributed by atoms with Crippen molar-refractivity contribution in [3.63, 3.8) is 0 Å². The molecule has 0 aliphatic carbocycles. The molecule has 0 aromatic heterocycles. The third kappa shape index (κ3) is 3.28. The molecule has 1 unspecified atom stereocenters. The number of aliphatic carboxylic acids is 1. The van der Waals surface area contributed by atoms with Gasteiger partial charge in [0.05, 0.1) is 5.92 Å². The minimum absolute atomic E-state index is 0.0251. The molecule has 5 nitrogen and oxygen atoms in total. The molecule has 2 N–H and O–H groups in total. The number of rotatable bonds is 3. The molecule has 0 spiro atoms. The van der Waals surface area contributed by atoms with Crippen LogP contribution in [0.1, 0.15) is 30.7 Å². The van der Waals surface area contributed by atoms with Gasteiger partial charge in [-0.25, -0.2) is 4.79 Å². The molecule has 3 rings (SSSR count). The predicted octanol–water partition coefficient (Wildman–Crippen LogP) is 2.22. The Kier molecular flexibility index (Phi) is 5.02. The van der Waals surface area contributed by atoms with Crippen LogP contribution in [0.5, 0.6) is 0 Å². The van der Waals surface area contributed by atoms with E-state index in [4.69, 9.17) is 0 Å². The number of carboxylic acids is 1. The van der Waals surface area contributed by atoms with Crippen molar-refractivity contribution in [1.29, 1.82) is 0 Å². The number of benzene rings is 1. The van der Waals surface area contributed by atoms with Crippen molar-refractivity contribution in [2.45, 2.75) is 31.2 Å². The van der Waals surface area contributed by atoms with Crippen LogP contribution >= 0.6 is 15.9 Å². The Bertz CT molecular complexity index is 607. The van der Waals surface area contributed by atoms with E-state index < -0.39 is 12.0 Å². The SMILES string of the molecule is O=C(O)C1CCCCN1C(=O)[C@@H]1CNC[C@H]1c1ccccc1Br. The smallest absolute Gasteiger partial charge is 0.326 e. The molecule has 124 valence electrons. The predicted molar refractivity (Wildman–Crippen MR) is 90.2 cm³/mol. The van der Waals surface area contributed by atoms with Crippen LogP contribution in [0.4, 0.5) is 0 Å². The summed E-state index contributed by atoms with van der Waals surface area (Å²) >= 11 is 3.57. The number of likely N-dealkylation sites (tertiary alicyclic amines) is 1. The molecule has 2 heterocycles. The number of nitrogens with zero attached hydrogens (tertiary/aromatic N) is 1. The van der Waals surface area contributed by atoms with Crippen molar-refractivity contribution in [1.82, 2.24) is 10.2 Å². The summed E-state index contributed by atoms with van der Waals surface area (Å²) in [7, 11) is 0. The molecule has 2 fully saturated rings. The average Bonchev–Trinajstić information content (AvgIpc) is 3.04. The number of piperidine rings is 1. The summed E-state index contributed by atoms with van der Waals surface area (Å²) in [6.07, 6.45) is 2.31. The van der Waals surface area contributed by atoms with Crippen molar-refractivity contribution >= 4 is 27.8 Å². The summed E-state index contributed by atoms with van der Waals surface area (Å²) in [6, 6.07) is 7.28. The van der Waals surface area contributed by atoms with E-state index in [1.54, 1.807) is 4.90 Å². The lowest BCUT2D eigenvalue weighted by Gasteiger charge is -2.35. The highest BCUT2D eigenvalue weighted by Crippen LogP contribution is 2.35. The van der Waals surface area contributed by atoms with Crippen molar-refractivity contribution < 1.29 is 14.7 Å². The highest BCUT2D eigenvalue weighted by Gasteiger charge is 2.41. The van der Waals surface area contributed by atoms with Crippen LogP contribution in [0.2, 0.25) is 0 Å². The van der Waals surface area contributed by atoms with E-state index in [2.05, 4.69) is 21.2 Å². The number of amides is 1. The topological polar surface area (TPSA) is 69.6 Å². The fraction of sp³-hybridized carbons (Fsp3) is 0.529. The van der Waals surface area contributed by atoms with E-state index >= 15 is 0 Å².